The van der Waals surface area contributed by atoms with Gasteiger partial charge in [0.15, 0.2) is 0 Å². The summed E-state index contributed by atoms with van der Waals surface area (Å²) in [7, 11) is -3.72. The van der Waals surface area contributed by atoms with Crippen LogP contribution in [0.25, 0.3) is 0 Å². The quantitative estimate of drug-likeness (QED) is 0.690. The molecule has 2 aliphatic heterocycles. The number of benzene rings is 2. The van der Waals surface area contributed by atoms with Gasteiger partial charge in [0.25, 0.3) is 5.91 Å². The van der Waals surface area contributed by atoms with Crippen molar-refractivity contribution in [2.45, 2.75) is 24.7 Å². The predicted octanol–water partition coefficient (Wildman–Crippen LogP) is 3.52. The van der Waals surface area contributed by atoms with E-state index in [-0.39, 0.29) is 21.4 Å². The third-order valence-electron chi connectivity index (χ3n) is 6.19. The molecule has 1 amide bonds. The molecule has 2 saturated heterocycles. The molecule has 0 aliphatic carbocycles. The Morgan fingerprint density at radius 2 is 1.69 bits per heavy atom. The number of carbonyl (C=O) groups is 1. The Kier molecular flexibility index (Phi) is 7.05. The first-order valence-electron chi connectivity index (χ1n) is 11.1. The highest BCUT2D eigenvalue weighted by atomic mass is 35.5. The number of hydrogen-bond donors (Lipinski definition) is 1. The Bertz CT molecular complexity index is 1080. The van der Waals surface area contributed by atoms with E-state index in [0.717, 1.165) is 51.3 Å². The van der Waals surface area contributed by atoms with Crippen LogP contribution in [0.5, 0.6) is 0 Å². The summed E-state index contributed by atoms with van der Waals surface area (Å²) in [5, 5.41) is 3.10. The summed E-state index contributed by atoms with van der Waals surface area (Å²) >= 11 is 6.23. The standard InChI is InChI=1S/C23H29ClN4O3S/c1-2-26-13-15-27(16-14-26)21-8-4-3-7-20(21)25-23(29)18-9-10-19(24)22(17-18)32(30,31)28-11-5-6-12-28/h3-4,7-10,17H,2,5-6,11-16H2,1H3,(H,25,29). The van der Waals surface area contributed by atoms with Crippen LogP contribution in [0, 0.1) is 0 Å². The molecule has 32 heavy (non-hydrogen) atoms. The van der Waals surface area contributed by atoms with E-state index < -0.39 is 10.0 Å². The van der Waals surface area contributed by atoms with Gasteiger partial charge in [-0.2, -0.15) is 4.31 Å². The number of nitrogens with zero attached hydrogens (tertiary/aromatic N) is 3. The molecular formula is C23H29ClN4O3S. The smallest absolute Gasteiger partial charge is 0.255 e. The minimum absolute atomic E-state index is 0.0160. The molecule has 7 nitrogen and oxygen atoms in total. The van der Waals surface area contributed by atoms with Crippen LogP contribution in [-0.2, 0) is 10.0 Å². The molecule has 2 aliphatic rings. The van der Waals surface area contributed by atoms with Crippen molar-refractivity contribution in [2.24, 2.45) is 0 Å². The number of rotatable bonds is 6. The second-order valence-electron chi connectivity index (χ2n) is 8.15. The second-order valence-corrected chi connectivity index (χ2v) is 10.5. The lowest BCUT2D eigenvalue weighted by molar-refractivity contribution is 0.102. The van der Waals surface area contributed by atoms with Gasteiger partial charge in [0.2, 0.25) is 10.0 Å². The summed E-state index contributed by atoms with van der Waals surface area (Å²) in [4.78, 5) is 17.7. The number of piperazine rings is 1. The van der Waals surface area contributed by atoms with Crippen LogP contribution in [-0.4, -0.2) is 69.3 Å². The molecule has 0 atom stereocenters. The molecule has 4 rings (SSSR count). The van der Waals surface area contributed by atoms with E-state index in [1.165, 1.54) is 16.4 Å². The van der Waals surface area contributed by atoms with Crippen LogP contribution in [0.2, 0.25) is 5.02 Å². The first kappa shape index (κ1) is 23.0. The molecule has 2 heterocycles. The zero-order valence-electron chi connectivity index (χ0n) is 18.3. The maximum Gasteiger partial charge on any atom is 0.255 e. The van der Waals surface area contributed by atoms with Crippen molar-refractivity contribution in [2.75, 3.05) is 56.0 Å². The van der Waals surface area contributed by atoms with Gasteiger partial charge < -0.3 is 15.1 Å². The summed E-state index contributed by atoms with van der Waals surface area (Å²) in [6.45, 7) is 7.89. The molecule has 2 fully saturated rings. The molecule has 2 aromatic carbocycles. The number of anilines is 2. The highest BCUT2D eigenvalue weighted by Gasteiger charge is 2.30. The van der Waals surface area contributed by atoms with Gasteiger partial charge in [0.05, 0.1) is 16.4 Å². The fraction of sp³-hybridized carbons (Fsp3) is 0.435. The summed E-state index contributed by atoms with van der Waals surface area (Å²) in [5.41, 5.74) is 1.94. The molecule has 0 aromatic heterocycles. The lowest BCUT2D eigenvalue weighted by Gasteiger charge is -2.36. The van der Waals surface area contributed by atoms with Gasteiger partial charge in [-0.1, -0.05) is 30.7 Å². The van der Waals surface area contributed by atoms with Crippen LogP contribution < -0.4 is 10.2 Å². The van der Waals surface area contributed by atoms with E-state index in [2.05, 4.69) is 22.0 Å². The van der Waals surface area contributed by atoms with Crippen LogP contribution in [0.15, 0.2) is 47.4 Å². The van der Waals surface area contributed by atoms with Crippen LogP contribution in [0.1, 0.15) is 30.1 Å². The van der Waals surface area contributed by atoms with Gasteiger partial charge in [-0.3, -0.25) is 4.79 Å². The number of halogens is 1. The first-order valence-corrected chi connectivity index (χ1v) is 12.9. The molecule has 0 unspecified atom stereocenters. The van der Waals surface area contributed by atoms with E-state index in [1.807, 2.05) is 24.3 Å². The van der Waals surface area contributed by atoms with E-state index in [4.69, 9.17) is 11.6 Å². The Hall–Kier alpha value is -2.13. The molecule has 9 heteroatoms. The summed E-state index contributed by atoms with van der Waals surface area (Å²) in [5.74, 6) is -0.362. The molecule has 0 radical (unpaired) electrons. The fourth-order valence-electron chi connectivity index (χ4n) is 4.26. The van der Waals surface area contributed by atoms with Crippen LogP contribution >= 0.6 is 11.6 Å². The van der Waals surface area contributed by atoms with E-state index in [0.29, 0.717) is 18.8 Å². The number of carbonyl (C=O) groups excluding carboxylic acids is 1. The second kappa shape index (κ2) is 9.79. The number of hydrogen-bond acceptors (Lipinski definition) is 5. The van der Waals surface area contributed by atoms with Gasteiger partial charge in [-0.05, 0) is 49.7 Å². The molecule has 1 N–H and O–H groups in total. The van der Waals surface area contributed by atoms with Crippen molar-refractivity contribution in [1.29, 1.82) is 0 Å². The number of para-hydroxylation sites is 2. The Morgan fingerprint density at radius 3 is 2.38 bits per heavy atom. The predicted molar refractivity (Wildman–Crippen MR) is 128 cm³/mol. The molecule has 0 saturated carbocycles. The average Bonchev–Trinajstić information content (AvgIpc) is 3.36. The third kappa shape index (κ3) is 4.78. The topological polar surface area (TPSA) is 73.0 Å². The summed E-state index contributed by atoms with van der Waals surface area (Å²) in [6.07, 6.45) is 1.67. The number of sulfonamides is 1. The Balaban J connectivity index is 1.55. The molecular weight excluding hydrogens is 448 g/mol. The van der Waals surface area contributed by atoms with Crippen molar-refractivity contribution in [1.82, 2.24) is 9.21 Å². The van der Waals surface area contributed by atoms with Crippen molar-refractivity contribution < 1.29 is 13.2 Å². The number of amides is 1. The summed E-state index contributed by atoms with van der Waals surface area (Å²) < 4.78 is 27.4. The highest BCUT2D eigenvalue weighted by molar-refractivity contribution is 7.89. The molecule has 0 spiro atoms. The lowest BCUT2D eigenvalue weighted by atomic mass is 10.1. The van der Waals surface area contributed by atoms with Crippen LogP contribution in [0.3, 0.4) is 0 Å². The zero-order valence-corrected chi connectivity index (χ0v) is 19.8. The van der Waals surface area contributed by atoms with Crippen molar-refractivity contribution in [3.8, 4) is 0 Å². The fourth-order valence-corrected chi connectivity index (χ4v) is 6.28. The average molecular weight is 477 g/mol. The minimum Gasteiger partial charge on any atom is -0.367 e. The molecule has 2 aromatic rings. The van der Waals surface area contributed by atoms with Gasteiger partial charge in [-0.25, -0.2) is 8.42 Å². The number of likely N-dealkylation sites (N-methyl/N-ethyl adjacent to an activating group) is 1. The first-order chi connectivity index (χ1) is 15.4. The lowest BCUT2D eigenvalue weighted by Crippen LogP contribution is -2.46. The Morgan fingerprint density at radius 1 is 1.00 bits per heavy atom. The van der Waals surface area contributed by atoms with Crippen molar-refractivity contribution in [3.05, 3.63) is 53.1 Å². The van der Waals surface area contributed by atoms with E-state index >= 15 is 0 Å². The zero-order chi connectivity index (χ0) is 22.7. The van der Waals surface area contributed by atoms with E-state index in [1.54, 1.807) is 6.07 Å². The Labute approximate surface area is 195 Å². The van der Waals surface area contributed by atoms with Crippen molar-refractivity contribution >= 4 is 38.9 Å². The maximum absolute atomic E-state index is 13.1. The highest BCUT2D eigenvalue weighted by Crippen LogP contribution is 2.30. The normalized spacial score (nSPS) is 18.1. The number of nitrogens with one attached hydrogen (secondary N) is 1. The summed E-state index contributed by atoms with van der Waals surface area (Å²) in [6, 6.07) is 12.1. The molecule has 172 valence electrons. The monoisotopic (exact) mass is 476 g/mol. The van der Waals surface area contributed by atoms with Crippen molar-refractivity contribution in [3.63, 3.8) is 0 Å². The van der Waals surface area contributed by atoms with Gasteiger partial charge in [0.1, 0.15) is 4.90 Å². The van der Waals surface area contributed by atoms with E-state index in [9.17, 15) is 13.2 Å². The SMILES string of the molecule is CCN1CCN(c2ccccc2NC(=O)c2ccc(Cl)c(S(=O)(=O)N3CCCC3)c2)CC1. The maximum atomic E-state index is 13.1. The van der Waals surface area contributed by atoms with Gasteiger partial charge in [0, 0.05) is 44.8 Å². The largest absolute Gasteiger partial charge is 0.367 e. The minimum atomic E-state index is -3.72. The van der Waals surface area contributed by atoms with Gasteiger partial charge in [-0.15, -0.1) is 0 Å². The van der Waals surface area contributed by atoms with Crippen LogP contribution in [0.4, 0.5) is 11.4 Å². The molecule has 0 bridgehead atoms. The van der Waals surface area contributed by atoms with Gasteiger partial charge >= 0.3 is 0 Å². The third-order valence-corrected chi connectivity index (χ3v) is 8.57.